The predicted molar refractivity (Wildman–Crippen MR) is 118 cm³/mol. The van der Waals surface area contributed by atoms with Gasteiger partial charge in [0.25, 0.3) is 6.02 Å². The van der Waals surface area contributed by atoms with E-state index in [1.54, 1.807) is 30.3 Å². The Morgan fingerprint density at radius 3 is 2.76 bits per heavy atom. The van der Waals surface area contributed by atoms with Gasteiger partial charge in [-0.2, -0.15) is 0 Å². The topological polar surface area (TPSA) is 119 Å². The van der Waals surface area contributed by atoms with Crippen molar-refractivity contribution in [1.82, 2.24) is 4.98 Å². The maximum Gasteiger partial charge on any atom is 0.283 e. The van der Waals surface area contributed by atoms with Crippen LogP contribution in [0.15, 0.2) is 53.7 Å². The number of halogens is 2. The van der Waals surface area contributed by atoms with E-state index in [9.17, 15) is 14.6 Å². The highest BCUT2D eigenvalue weighted by atomic mass is 35.5. The number of ether oxygens (including phenoxy) is 3. The molecule has 2 aromatic carbocycles. The second-order valence-corrected chi connectivity index (χ2v) is 8.50. The number of aliphatic imine (C=N–C) groups is 1. The molecule has 0 radical (unpaired) electrons. The van der Waals surface area contributed by atoms with Crippen LogP contribution in [0, 0.1) is 5.82 Å². The monoisotopic (exact) mass is 471 g/mol. The standard InChI is InChI=1S/C23H19ClFN3O5/c1-22(29,30)10-31-14-8-17-20(27-9-14)33-19-5-2-12(15-7-13(24)3-4-18(15)25)6-16(19)23(17)11-32-21(26)28-23/h2-9,29-30H,10-11H2,1H3,(H2,26,28). The molecule has 0 bridgehead atoms. The number of benzene rings is 2. The van der Waals surface area contributed by atoms with Crippen LogP contribution < -0.4 is 15.2 Å². The molecule has 1 unspecified atom stereocenters. The molecule has 0 aliphatic carbocycles. The van der Waals surface area contributed by atoms with Gasteiger partial charge in [0.2, 0.25) is 5.88 Å². The third-order valence-corrected chi connectivity index (χ3v) is 5.62. The average Bonchev–Trinajstić information content (AvgIpc) is 3.16. The Balaban J connectivity index is 1.64. The van der Waals surface area contributed by atoms with Crippen LogP contribution in [0.4, 0.5) is 4.39 Å². The highest BCUT2D eigenvalue weighted by molar-refractivity contribution is 6.30. The molecule has 3 aromatic rings. The van der Waals surface area contributed by atoms with Gasteiger partial charge in [0.05, 0.1) is 11.8 Å². The summed E-state index contributed by atoms with van der Waals surface area (Å²) in [7, 11) is 0. The number of amidine groups is 1. The number of hydrogen-bond acceptors (Lipinski definition) is 8. The van der Waals surface area contributed by atoms with Gasteiger partial charge in [0, 0.05) is 16.1 Å². The van der Waals surface area contributed by atoms with Crippen LogP contribution in [0.2, 0.25) is 5.02 Å². The Kier molecular flexibility index (Phi) is 4.93. The zero-order chi connectivity index (χ0) is 23.4. The van der Waals surface area contributed by atoms with E-state index in [1.165, 1.54) is 25.3 Å². The first-order valence-electron chi connectivity index (χ1n) is 9.99. The van der Waals surface area contributed by atoms with Crippen molar-refractivity contribution in [1.29, 1.82) is 0 Å². The number of hydrogen-bond donors (Lipinski definition) is 3. The van der Waals surface area contributed by atoms with Gasteiger partial charge in [-0.15, -0.1) is 0 Å². The van der Waals surface area contributed by atoms with Crippen molar-refractivity contribution in [3.8, 4) is 28.5 Å². The molecule has 1 aromatic heterocycles. The second-order valence-electron chi connectivity index (χ2n) is 8.07. The summed E-state index contributed by atoms with van der Waals surface area (Å²) in [5.74, 6) is -1.44. The van der Waals surface area contributed by atoms with Gasteiger partial charge in [0.1, 0.15) is 30.5 Å². The van der Waals surface area contributed by atoms with Crippen LogP contribution in [0.3, 0.4) is 0 Å². The number of fused-ring (bicyclic) bond motifs is 4. The summed E-state index contributed by atoms with van der Waals surface area (Å²) < 4.78 is 31.6. The first kappa shape index (κ1) is 21.4. The smallest absolute Gasteiger partial charge is 0.283 e. The number of aliphatic hydroxyl groups is 2. The van der Waals surface area contributed by atoms with Crippen molar-refractivity contribution < 1.29 is 28.8 Å². The highest BCUT2D eigenvalue weighted by Gasteiger charge is 2.48. The maximum absolute atomic E-state index is 14.6. The summed E-state index contributed by atoms with van der Waals surface area (Å²) in [6.45, 7) is 0.885. The van der Waals surface area contributed by atoms with Crippen LogP contribution >= 0.6 is 11.6 Å². The second kappa shape index (κ2) is 7.58. The number of pyridine rings is 1. The zero-order valence-electron chi connectivity index (χ0n) is 17.4. The minimum Gasteiger partial charge on any atom is -0.486 e. The number of nitrogens with zero attached hydrogens (tertiary/aromatic N) is 2. The lowest BCUT2D eigenvalue weighted by atomic mass is 9.81. The molecule has 170 valence electrons. The van der Waals surface area contributed by atoms with Crippen molar-refractivity contribution in [2.75, 3.05) is 13.2 Å². The summed E-state index contributed by atoms with van der Waals surface area (Å²) in [5, 5.41) is 19.5. The fraction of sp³-hybridized carbons (Fsp3) is 0.217. The summed E-state index contributed by atoms with van der Waals surface area (Å²) in [6, 6.07) is 11.1. The van der Waals surface area contributed by atoms with Gasteiger partial charge in [0.15, 0.2) is 11.3 Å². The van der Waals surface area contributed by atoms with Gasteiger partial charge in [-0.25, -0.2) is 14.4 Å². The van der Waals surface area contributed by atoms with Crippen LogP contribution in [0.1, 0.15) is 18.1 Å². The fourth-order valence-corrected chi connectivity index (χ4v) is 4.07. The van der Waals surface area contributed by atoms with Gasteiger partial charge in [-0.3, -0.25) is 0 Å². The van der Waals surface area contributed by atoms with E-state index in [0.717, 1.165) is 0 Å². The van der Waals surface area contributed by atoms with Crippen LogP contribution in [-0.2, 0) is 10.3 Å². The maximum atomic E-state index is 14.6. The number of nitrogens with two attached hydrogens (primary N) is 1. The third-order valence-electron chi connectivity index (χ3n) is 5.39. The summed E-state index contributed by atoms with van der Waals surface area (Å²) in [6.07, 6.45) is 1.40. The Bertz CT molecular complexity index is 1290. The minimum absolute atomic E-state index is 0.0160. The first-order chi connectivity index (χ1) is 15.6. The summed E-state index contributed by atoms with van der Waals surface area (Å²) in [4.78, 5) is 8.88. The van der Waals surface area contributed by atoms with E-state index in [0.29, 0.717) is 33.0 Å². The molecular weight excluding hydrogens is 453 g/mol. The van der Waals surface area contributed by atoms with Gasteiger partial charge in [-0.05, 0) is 48.9 Å². The van der Waals surface area contributed by atoms with E-state index >= 15 is 0 Å². The van der Waals surface area contributed by atoms with Crippen molar-refractivity contribution in [3.05, 3.63) is 70.6 Å². The molecule has 2 aliphatic rings. The van der Waals surface area contributed by atoms with E-state index < -0.39 is 17.1 Å². The van der Waals surface area contributed by atoms with E-state index in [-0.39, 0.29) is 30.9 Å². The van der Waals surface area contributed by atoms with Gasteiger partial charge < -0.3 is 30.2 Å². The largest absolute Gasteiger partial charge is 0.486 e. The Morgan fingerprint density at radius 2 is 2.03 bits per heavy atom. The minimum atomic E-state index is -2.02. The van der Waals surface area contributed by atoms with E-state index in [1.807, 2.05) is 0 Å². The van der Waals surface area contributed by atoms with Crippen LogP contribution in [0.5, 0.6) is 17.4 Å². The molecule has 0 saturated carbocycles. The zero-order valence-corrected chi connectivity index (χ0v) is 18.1. The fourth-order valence-electron chi connectivity index (χ4n) is 3.89. The molecule has 0 saturated heterocycles. The first-order valence-corrected chi connectivity index (χ1v) is 10.4. The molecule has 8 nitrogen and oxygen atoms in total. The SMILES string of the molecule is CC(O)(O)COc1cnc2c(c1)C1(COC(N)=N1)c1cc(-c3cc(Cl)ccc3F)ccc1O2. The quantitative estimate of drug-likeness (QED) is 0.499. The lowest BCUT2D eigenvalue weighted by Gasteiger charge is -2.33. The predicted octanol–water partition coefficient (Wildman–Crippen LogP) is 3.31. The van der Waals surface area contributed by atoms with Crippen molar-refractivity contribution in [3.63, 3.8) is 0 Å². The van der Waals surface area contributed by atoms with Crippen molar-refractivity contribution >= 4 is 17.6 Å². The molecule has 2 aliphatic heterocycles. The normalized spacial score (nSPS) is 18.8. The molecule has 10 heteroatoms. The Morgan fingerprint density at radius 1 is 1.21 bits per heavy atom. The van der Waals surface area contributed by atoms with E-state index in [2.05, 4.69) is 9.98 Å². The van der Waals surface area contributed by atoms with Crippen molar-refractivity contribution in [2.45, 2.75) is 18.2 Å². The Labute approximate surface area is 193 Å². The molecule has 5 rings (SSSR count). The van der Waals surface area contributed by atoms with Crippen LogP contribution in [-0.4, -0.2) is 40.2 Å². The average molecular weight is 472 g/mol. The molecule has 1 atom stereocenters. The third kappa shape index (κ3) is 3.84. The summed E-state index contributed by atoms with van der Waals surface area (Å²) >= 11 is 6.09. The lowest BCUT2D eigenvalue weighted by Crippen LogP contribution is -2.33. The van der Waals surface area contributed by atoms with Crippen LogP contribution in [0.25, 0.3) is 11.1 Å². The molecule has 0 fully saturated rings. The number of rotatable bonds is 4. The molecular formula is C23H19ClFN3O5. The molecule has 33 heavy (non-hydrogen) atoms. The molecule has 3 heterocycles. The number of aromatic nitrogens is 1. The Hall–Kier alpha value is -3.40. The summed E-state index contributed by atoms with van der Waals surface area (Å²) in [5.41, 5.74) is 6.77. The molecule has 0 amide bonds. The van der Waals surface area contributed by atoms with E-state index in [4.69, 9.17) is 31.5 Å². The lowest BCUT2D eigenvalue weighted by molar-refractivity contribution is -0.165. The van der Waals surface area contributed by atoms with Gasteiger partial charge in [-0.1, -0.05) is 17.7 Å². The van der Waals surface area contributed by atoms with Crippen molar-refractivity contribution in [2.24, 2.45) is 10.7 Å². The molecule has 4 N–H and O–H groups in total. The molecule has 1 spiro atoms. The highest BCUT2D eigenvalue weighted by Crippen LogP contribution is 2.51. The van der Waals surface area contributed by atoms with Gasteiger partial charge >= 0.3 is 0 Å².